The summed E-state index contributed by atoms with van der Waals surface area (Å²) in [6.07, 6.45) is -1.06. The van der Waals surface area contributed by atoms with Crippen LogP contribution in [0.15, 0.2) is 42.5 Å². The van der Waals surface area contributed by atoms with Crippen molar-refractivity contribution < 1.29 is 23.5 Å². The molecule has 0 aromatic heterocycles. The third-order valence-corrected chi connectivity index (χ3v) is 3.46. The molecule has 7 heteroatoms. The molecule has 5 nitrogen and oxygen atoms in total. The van der Waals surface area contributed by atoms with Gasteiger partial charge >= 0.3 is 5.97 Å². The maximum absolute atomic E-state index is 13.0. The zero-order valence-corrected chi connectivity index (χ0v) is 13.8. The predicted molar refractivity (Wildman–Crippen MR) is 87.9 cm³/mol. The molecule has 0 saturated carbocycles. The van der Waals surface area contributed by atoms with E-state index in [2.05, 4.69) is 5.32 Å². The molecule has 24 heavy (non-hydrogen) atoms. The maximum atomic E-state index is 13.0. The molecule has 0 radical (unpaired) electrons. The molecule has 0 aliphatic carbocycles. The van der Waals surface area contributed by atoms with Crippen molar-refractivity contribution >= 4 is 29.2 Å². The van der Waals surface area contributed by atoms with Crippen LogP contribution in [0.1, 0.15) is 17.3 Å². The van der Waals surface area contributed by atoms with Crippen molar-refractivity contribution in [1.29, 1.82) is 0 Å². The molecule has 0 aliphatic rings. The predicted octanol–water partition coefficient (Wildman–Crippen LogP) is 3.67. The molecule has 2 rings (SSSR count). The number of hydrogen-bond donors (Lipinski definition) is 1. The van der Waals surface area contributed by atoms with E-state index in [1.54, 1.807) is 18.2 Å². The molecule has 1 amide bonds. The monoisotopic (exact) mass is 351 g/mol. The van der Waals surface area contributed by atoms with E-state index in [0.717, 1.165) is 12.1 Å². The fourth-order valence-corrected chi connectivity index (χ4v) is 2.07. The summed E-state index contributed by atoms with van der Waals surface area (Å²) in [7, 11) is 1.48. The van der Waals surface area contributed by atoms with Crippen LogP contribution in [0.4, 0.5) is 10.1 Å². The molecule has 0 aliphatic heterocycles. The standard InChI is InChI=1S/C17H15ClFNO4/c1-10(16(21)20-15-7-6-12(19)9-14(15)18)24-17(22)11-4-3-5-13(8-11)23-2/h3-10H,1-2H3,(H,20,21)/t10-/m0/s1. The first kappa shape index (κ1) is 17.7. The van der Waals surface area contributed by atoms with Crippen LogP contribution in [-0.4, -0.2) is 25.1 Å². The van der Waals surface area contributed by atoms with Crippen LogP contribution < -0.4 is 10.1 Å². The van der Waals surface area contributed by atoms with Gasteiger partial charge in [0.2, 0.25) is 0 Å². The minimum atomic E-state index is -1.06. The number of carbonyl (C=O) groups is 2. The van der Waals surface area contributed by atoms with E-state index in [9.17, 15) is 14.0 Å². The summed E-state index contributed by atoms with van der Waals surface area (Å²) >= 11 is 5.84. The highest BCUT2D eigenvalue weighted by molar-refractivity contribution is 6.33. The second kappa shape index (κ2) is 7.79. The summed E-state index contributed by atoms with van der Waals surface area (Å²) < 4.78 is 23.1. The number of hydrogen-bond acceptors (Lipinski definition) is 4. The molecule has 0 heterocycles. The number of methoxy groups -OCH3 is 1. The number of rotatable bonds is 5. The van der Waals surface area contributed by atoms with Crippen molar-refractivity contribution in [3.8, 4) is 5.75 Å². The number of nitrogens with one attached hydrogen (secondary N) is 1. The highest BCUT2D eigenvalue weighted by Crippen LogP contribution is 2.22. The van der Waals surface area contributed by atoms with Gasteiger partial charge in [0.05, 0.1) is 23.4 Å². The Morgan fingerprint density at radius 2 is 1.96 bits per heavy atom. The summed E-state index contributed by atoms with van der Waals surface area (Å²) in [5.74, 6) is -1.27. The Kier molecular flexibility index (Phi) is 5.76. The van der Waals surface area contributed by atoms with Gasteiger partial charge in [0.25, 0.3) is 5.91 Å². The van der Waals surface area contributed by atoms with E-state index in [1.165, 1.54) is 26.2 Å². The first-order valence-corrected chi connectivity index (χ1v) is 7.39. The van der Waals surface area contributed by atoms with E-state index in [4.69, 9.17) is 21.1 Å². The number of amides is 1. The lowest BCUT2D eigenvalue weighted by molar-refractivity contribution is -0.123. The van der Waals surface area contributed by atoms with Gasteiger partial charge in [-0.2, -0.15) is 0 Å². The summed E-state index contributed by atoms with van der Waals surface area (Å²) in [5.41, 5.74) is 0.487. The molecule has 1 N–H and O–H groups in total. The van der Waals surface area contributed by atoms with Crippen LogP contribution >= 0.6 is 11.6 Å². The first-order chi connectivity index (χ1) is 11.4. The van der Waals surface area contributed by atoms with Gasteiger partial charge in [0.15, 0.2) is 6.10 Å². The topological polar surface area (TPSA) is 64.6 Å². The Labute approximate surface area is 143 Å². The zero-order valence-electron chi connectivity index (χ0n) is 13.0. The van der Waals surface area contributed by atoms with E-state index in [1.807, 2.05) is 0 Å². The van der Waals surface area contributed by atoms with E-state index >= 15 is 0 Å². The molecule has 126 valence electrons. The van der Waals surface area contributed by atoms with E-state index < -0.39 is 23.8 Å². The van der Waals surface area contributed by atoms with Crippen molar-refractivity contribution in [1.82, 2.24) is 0 Å². The average Bonchev–Trinajstić information content (AvgIpc) is 2.57. The van der Waals surface area contributed by atoms with Crippen LogP contribution in [-0.2, 0) is 9.53 Å². The molecule has 0 saturated heterocycles. The number of halogens is 2. The molecule has 0 bridgehead atoms. The molecular weight excluding hydrogens is 337 g/mol. The summed E-state index contributed by atoms with van der Waals surface area (Å²) in [6, 6.07) is 9.93. The highest BCUT2D eigenvalue weighted by atomic mass is 35.5. The van der Waals surface area contributed by atoms with Crippen LogP contribution in [0.25, 0.3) is 0 Å². The SMILES string of the molecule is COc1cccc(C(=O)O[C@@H](C)C(=O)Nc2ccc(F)cc2Cl)c1. The number of carbonyl (C=O) groups excluding carboxylic acids is 2. The second-order valence-electron chi connectivity index (χ2n) is 4.89. The molecule has 0 unspecified atom stereocenters. The molecule has 0 spiro atoms. The van der Waals surface area contributed by atoms with Gasteiger partial charge in [0.1, 0.15) is 11.6 Å². The smallest absolute Gasteiger partial charge is 0.339 e. The third-order valence-electron chi connectivity index (χ3n) is 3.15. The van der Waals surface area contributed by atoms with Crippen LogP contribution in [0.2, 0.25) is 5.02 Å². The Morgan fingerprint density at radius 3 is 2.62 bits per heavy atom. The van der Waals surface area contributed by atoms with Crippen molar-refractivity contribution in [2.75, 3.05) is 12.4 Å². The third kappa shape index (κ3) is 4.45. The summed E-state index contributed by atoms with van der Waals surface area (Å²) in [4.78, 5) is 24.1. The minimum Gasteiger partial charge on any atom is -0.497 e. The summed E-state index contributed by atoms with van der Waals surface area (Å²) in [5, 5.41) is 2.53. The van der Waals surface area contributed by atoms with Gasteiger partial charge < -0.3 is 14.8 Å². The maximum Gasteiger partial charge on any atom is 0.339 e. The average molecular weight is 352 g/mol. The lowest BCUT2D eigenvalue weighted by atomic mass is 10.2. The van der Waals surface area contributed by atoms with E-state index in [0.29, 0.717) is 5.75 Å². The van der Waals surface area contributed by atoms with Crippen molar-refractivity contribution in [3.63, 3.8) is 0 Å². The number of benzene rings is 2. The quantitative estimate of drug-likeness (QED) is 0.835. The van der Waals surface area contributed by atoms with Crippen molar-refractivity contribution in [2.24, 2.45) is 0 Å². The van der Waals surface area contributed by atoms with Crippen molar-refractivity contribution in [2.45, 2.75) is 13.0 Å². The second-order valence-corrected chi connectivity index (χ2v) is 5.30. The molecule has 0 fully saturated rings. The summed E-state index contributed by atoms with van der Waals surface area (Å²) in [6.45, 7) is 1.42. The fourth-order valence-electron chi connectivity index (χ4n) is 1.86. The Bertz CT molecular complexity index is 766. The van der Waals surface area contributed by atoms with E-state index in [-0.39, 0.29) is 16.3 Å². The minimum absolute atomic E-state index is 0.0506. The highest BCUT2D eigenvalue weighted by Gasteiger charge is 2.20. The Morgan fingerprint density at radius 1 is 1.21 bits per heavy atom. The fraction of sp³-hybridized carbons (Fsp3) is 0.176. The lowest BCUT2D eigenvalue weighted by Gasteiger charge is -2.14. The van der Waals surface area contributed by atoms with Crippen LogP contribution in [0.5, 0.6) is 5.75 Å². The Balaban J connectivity index is 2.01. The molecular formula is C17H15ClFNO4. The first-order valence-electron chi connectivity index (χ1n) is 7.01. The largest absolute Gasteiger partial charge is 0.497 e. The van der Waals surface area contributed by atoms with Crippen molar-refractivity contribution in [3.05, 3.63) is 58.9 Å². The molecule has 1 atom stereocenters. The Hall–Kier alpha value is -2.60. The van der Waals surface area contributed by atoms with Gasteiger partial charge in [-0.05, 0) is 43.3 Å². The van der Waals surface area contributed by atoms with Gasteiger partial charge in [-0.25, -0.2) is 9.18 Å². The van der Waals surface area contributed by atoms with Crippen LogP contribution in [0.3, 0.4) is 0 Å². The van der Waals surface area contributed by atoms with Crippen LogP contribution in [0, 0.1) is 5.82 Å². The van der Waals surface area contributed by atoms with Gasteiger partial charge in [-0.15, -0.1) is 0 Å². The molecule has 2 aromatic rings. The number of ether oxygens (including phenoxy) is 2. The van der Waals surface area contributed by atoms with Gasteiger partial charge in [-0.1, -0.05) is 17.7 Å². The lowest BCUT2D eigenvalue weighted by Crippen LogP contribution is -2.30. The van der Waals surface area contributed by atoms with Gasteiger partial charge in [0, 0.05) is 0 Å². The van der Waals surface area contributed by atoms with Gasteiger partial charge in [-0.3, -0.25) is 4.79 Å². The molecule has 2 aromatic carbocycles. The number of anilines is 1. The normalized spacial score (nSPS) is 11.5. The zero-order chi connectivity index (χ0) is 17.7. The number of esters is 1.